The molecule has 0 saturated heterocycles. The lowest BCUT2D eigenvalue weighted by Crippen LogP contribution is -2.21. The van der Waals surface area contributed by atoms with Gasteiger partial charge in [0.25, 0.3) is 5.89 Å². The van der Waals surface area contributed by atoms with Gasteiger partial charge in [0.05, 0.1) is 12.7 Å². The van der Waals surface area contributed by atoms with Crippen LogP contribution in [0, 0.1) is 0 Å². The fraction of sp³-hybridized carbons (Fsp3) is 0.318. The summed E-state index contributed by atoms with van der Waals surface area (Å²) in [4.78, 5) is 14.7. The normalized spacial score (nSPS) is 11.7. The maximum Gasteiger partial charge on any atom is 0.338 e. The first kappa shape index (κ1) is 20.4. The Hall–Kier alpha value is -3.35. The lowest BCUT2D eigenvalue weighted by molar-refractivity contribution is 0.0280. The van der Waals surface area contributed by atoms with Gasteiger partial charge in [-0.15, -0.1) is 10.2 Å². The SMILES string of the molecule is CCN(CC)c1ccc(C(=O)O[C@H](C)c2nnc(-c3ccc(OC)cc3)o2)cc1. The molecule has 3 rings (SSSR count). The van der Waals surface area contributed by atoms with Gasteiger partial charge in [0.2, 0.25) is 5.89 Å². The Morgan fingerprint density at radius 1 is 1.03 bits per heavy atom. The minimum absolute atomic E-state index is 0.240. The average Bonchev–Trinajstić information content (AvgIpc) is 3.25. The fourth-order valence-corrected chi connectivity index (χ4v) is 2.93. The highest BCUT2D eigenvalue weighted by molar-refractivity contribution is 5.90. The zero-order chi connectivity index (χ0) is 20.8. The monoisotopic (exact) mass is 395 g/mol. The molecule has 1 heterocycles. The second kappa shape index (κ2) is 9.23. The first-order valence-corrected chi connectivity index (χ1v) is 9.59. The molecule has 0 aliphatic heterocycles. The van der Waals surface area contributed by atoms with Gasteiger partial charge in [-0.2, -0.15) is 0 Å². The molecular weight excluding hydrogens is 370 g/mol. The van der Waals surface area contributed by atoms with Crippen molar-refractivity contribution in [2.24, 2.45) is 0 Å². The molecule has 0 aliphatic rings. The highest BCUT2D eigenvalue weighted by Gasteiger charge is 2.20. The van der Waals surface area contributed by atoms with Gasteiger partial charge in [0.15, 0.2) is 6.10 Å². The number of benzene rings is 2. The van der Waals surface area contributed by atoms with Crippen LogP contribution in [0.5, 0.6) is 5.75 Å². The third-order valence-corrected chi connectivity index (χ3v) is 4.64. The van der Waals surface area contributed by atoms with E-state index in [9.17, 15) is 4.79 Å². The molecule has 0 amide bonds. The molecule has 0 saturated carbocycles. The number of carbonyl (C=O) groups is 1. The summed E-state index contributed by atoms with van der Waals surface area (Å²) < 4.78 is 16.3. The third-order valence-electron chi connectivity index (χ3n) is 4.64. The average molecular weight is 395 g/mol. The number of methoxy groups -OCH3 is 1. The van der Waals surface area contributed by atoms with Crippen LogP contribution in [-0.2, 0) is 4.74 Å². The van der Waals surface area contributed by atoms with Crippen molar-refractivity contribution in [1.29, 1.82) is 0 Å². The zero-order valence-corrected chi connectivity index (χ0v) is 17.1. The summed E-state index contributed by atoms with van der Waals surface area (Å²) in [6.07, 6.45) is -0.663. The smallest absolute Gasteiger partial charge is 0.338 e. The second-order valence-corrected chi connectivity index (χ2v) is 6.44. The Morgan fingerprint density at radius 2 is 1.69 bits per heavy atom. The molecule has 0 N–H and O–H groups in total. The molecule has 152 valence electrons. The summed E-state index contributed by atoms with van der Waals surface area (Å²) in [6.45, 7) is 7.71. The van der Waals surface area contributed by atoms with Gasteiger partial charge in [-0.3, -0.25) is 0 Å². The quantitative estimate of drug-likeness (QED) is 0.519. The Bertz CT molecular complexity index is 931. The molecule has 1 aromatic heterocycles. The molecule has 1 atom stereocenters. The Balaban J connectivity index is 1.66. The predicted octanol–water partition coefficient (Wildman–Crippen LogP) is 4.51. The largest absolute Gasteiger partial charge is 0.497 e. The van der Waals surface area contributed by atoms with E-state index in [0.717, 1.165) is 30.1 Å². The van der Waals surface area contributed by atoms with Crippen LogP contribution in [0.1, 0.15) is 43.1 Å². The predicted molar refractivity (Wildman–Crippen MR) is 110 cm³/mol. The number of carbonyl (C=O) groups excluding carboxylic acids is 1. The van der Waals surface area contributed by atoms with Crippen LogP contribution < -0.4 is 9.64 Å². The fourth-order valence-electron chi connectivity index (χ4n) is 2.93. The van der Waals surface area contributed by atoms with Crippen molar-refractivity contribution >= 4 is 11.7 Å². The number of esters is 1. The van der Waals surface area contributed by atoms with Crippen molar-refractivity contribution in [3.05, 3.63) is 60.0 Å². The Morgan fingerprint density at radius 3 is 2.28 bits per heavy atom. The summed E-state index contributed by atoms with van der Waals surface area (Å²) in [6, 6.07) is 14.6. The summed E-state index contributed by atoms with van der Waals surface area (Å²) in [5.41, 5.74) is 2.30. The molecule has 0 aliphatic carbocycles. The van der Waals surface area contributed by atoms with Gasteiger partial charge >= 0.3 is 5.97 Å². The van der Waals surface area contributed by atoms with Gasteiger partial charge in [0.1, 0.15) is 5.75 Å². The van der Waals surface area contributed by atoms with Crippen LogP contribution in [0.3, 0.4) is 0 Å². The van der Waals surface area contributed by atoms with Crippen molar-refractivity contribution in [2.75, 3.05) is 25.1 Å². The van der Waals surface area contributed by atoms with Crippen LogP contribution in [0.4, 0.5) is 5.69 Å². The molecule has 29 heavy (non-hydrogen) atoms. The van der Waals surface area contributed by atoms with Crippen molar-refractivity contribution in [2.45, 2.75) is 26.9 Å². The third kappa shape index (κ3) is 4.74. The molecular formula is C22H25N3O4. The molecule has 0 unspecified atom stereocenters. The lowest BCUT2D eigenvalue weighted by Gasteiger charge is -2.21. The lowest BCUT2D eigenvalue weighted by atomic mass is 10.2. The van der Waals surface area contributed by atoms with E-state index in [0.29, 0.717) is 11.5 Å². The Kier molecular flexibility index (Phi) is 6.49. The molecule has 7 heteroatoms. The topological polar surface area (TPSA) is 77.7 Å². The van der Waals surface area contributed by atoms with Crippen molar-refractivity contribution in [1.82, 2.24) is 10.2 Å². The van der Waals surface area contributed by atoms with E-state index in [1.807, 2.05) is 36.4 Å². The summed E-state index contributed by atoms with van der Waals surface area (Å²) in [7, 11) is 1.60. The maximum absolute atomic E-state index is 12.5. The highest BCUT2D eigenvalue weighted by atomic mass is 16.6. The van der Waals surface area contributed by atoms with Crippen LogP contribution in [0.25, 0.3) is 11.5 Å². The number of aromatic nitrogens is 2. The van der Waals surface area contributed by atoms with E-state index < -0.39 is 12.1 Å². The number of rotatable bonds is 8. The number of hydrogen-bond donors (Lipinski definition) is 0. The van der Waals surface area contributed by atoms with Crippen molar-refractivity contribution < 1.29 is 18.7 Å². The van der Waals surface area contributed by atoms with Crippen LogP contribution in [0.15, 0.2) is 52.9 Å². The molecule has 2 aromatic carbocycles. The standard InChI is InChI=1S/C22H25N3O4/c1-5-25(6-2)18-11-7-17(8-12-18)22(26)28-15(3)20-23-24-21(29-20)16-9-13-19(27-4)14-10-16/h7-15H,5-6H2,1-4H3/t15-/m1/s1. The molecule has 7 nitrogen and oxygen atoms in total. The highest BCUT2D eigenvalue weighted by Crippen LogP contribution is 2.25. The van der Waals surface area contributed by atoms with Crippen LogP contribution in [0.2, 0.25) is 0 Å². The summed E-state index contributed by atoms with van der Waals surface area (Å²) in [5.74, 6) is 0.897. The van der Waals surface area contributed by atoms with E-state index in [1.54, 1.807) is 26.2 Å². The van der Waals surface area contributed by atoms with E-state index in [4.69, 9.17) is 13.9 Å². The summed E-state index contributed by atoms with van der Waals surface area (Å²) in [5, 5.41) is 8.05. The number of nitrogens with zero attached hydrogens (tertiary/aromatic N) is 3. The molecule has 3 aromatic rings. The minimum Gasteiger partial charge on any atom is -0.497 e. The van der Waals surface area contributed by atoms with E-state index in [2.05, 4.69) is 28.9 Å². The number of hydrogen-bond acceptors (Lipinski definition) is 7. The van der Waals surface area contributed by atoms with Gasteiger partial charge in [-0.05, 0) is 69.3 Å². The molecule has 0 bridgehead atoms. The van der Waals surface area contributed by atoms with Gasteiger partial charge in [-0.25, -0.2) is 4.79 Å². The summed E-state index contributed by atoms with van der Waals surface area (Å²) >= 11 is 0. The number of ether oxygens (including phenoxy) is 2. The van der Waals surface area contributed by atoms with Gasteiger partial charge in [-0.1, -0.05) is 0 Å². The first-order chi connectivity index (χ1) is 14.0. The number of anilines is 1. The first-order valence-electron chi connectivity index (χ1n) is 9.59. The van der Waals surface area contributed by atoms with E-state index in [1.165, 1.54) is 0 Å². The van der Waals surface area contributed by atoms with Crippen LogP contribution in [-0.4, -0.2) is 36.4 Å². The molecule has 0 radical (unpaired) electrons. The molecule has 0 fully saturated rings. The van der Waals surface area contributed by atoms with Crippen LogP contribution >= 0.6 is 0 Å². The minimum atomic E-state index is -0.663. The van der Waals surface area contributed by atoms with Crippen molar-refractivity contribution in [3.63, 3.8) is 0 Å². The van der Waals surface area contributed by atoms with E-state index in [-0.39, 0.29) is 5.89 Å². The van der Waals surface area contributed by atoms with Crippen molar-refractivity contribution in [3.8, 4) is 17.2 Å². The van der Waals surface area contributed by atoms with E-state index >= 15 is 0 Å². The second-order valence-electron chi connectivity index (χ2n) is 6.44. The van der Waals surface area contributed by atoms with Gasteiger partial charge < -0.3 is 18.8 Å². The van der Waals surface area contributed by atoms with Gasteiger partial charge in [0, 0.05) is 24.3 Å². The molecule has 0 spiro atoms. The maximum atomic E-state index is 12.5. The Labute approximate surface area is 170 Å². The zero-order valence-electron chi connectivity index (χ0n) is 17.1.